The molecule has 0 aromatic carbocycles. The van der Waals surface area contributed by atoms with Crippen molar-refractivity contribution in [2.75, 3.05) is 0 Å². The SMILES string of the molecule is C#CC1CC2CCC3C(CCC4(C)C(OC(C)=O)CCC34)C2(C)CC1OC(C)=O. The number of hydrogen-bond donors (Lipinski definition) is 0. The largest absolute Gasteiger partial charge is 0.462 e. The van der Waals surface area contributed by atoms with Crippen molar-refractivity contribution in [1.29, 1.82) is 0 Å². The lowest BCUT2D eigenvalue weighted by Crippen LogP contribution is -2.56. The van der Waals surface area contributed by atoms with Crippen LogP contribution in [0.4, 0.5) is 0 Å². The molecule has 9 unspecified atom stereocenters. The molecule has 4 fully saturated rings. The Morgan fingerprint density at radius 1 is 0.931 bits per heavy atom. The molecule has 0 radical (unpaired) electrons. The quantitative estimate of drug-likeness (QED) is 0.496. The predicted octanol–water partition coefficient (Wildman–Crippen LogP) is 4.75. The van der Waals surface area contributed by atoms with Crippen LogP contribution >= 0.6 is 0 Å². The molecule has 160 valence electrons. The van der Waals surface area contributed by atoms with Gasteiger partial charge in [-0.15, -0.1) is 6.42 Å². The fraction of sp³-hybridized carbons (Fsp3) is 0.840. The van der Waals surface area contributed by atoms with Gasteiger partial charge in [-0.1, -0.05) is 19.8 Å². The first-order valence-corrected chi connectivity index (χ1v) is 11.5. The van der Waals surface area contributed by atoms with E-state index in [-0.39, 0.29) is 40.9 Å². The summed E-state index contributed by atoms with van der Waals surface area (Å²) in [5.74, 6) is 5.16. The molecule has 4 aliphatic rings. The van der Waals surface area contributed by atoms with Gasteiger partial charge in [-0.3, -0.25) is 9.59 Å². The van der Waals surface area contributed by atoms with Gasteiger partial charge in [0, 0.05) is 19.3 Å². The highest BCUT2D eigenvalue weighted by atomic mass is 16.5. The third-order valence-electron chi connectivity index (χ3n) is 9.45. The summed E-state index contributed by atoms with van der Waals surface area (Å²) in [4.78, 5) is 23.3. The van der Waals surface area contributed by atoms with Crippen LogP contribution in [0, 0.1) is 52.8 Å². The highest BCUT2D eigenvalue weighted by Crippen LogP contribution is 2.67. The summed E-state index contributed by atoms with van der Waals surface area (Å²) in [6.07, 6.45) is 14.6. The summed E-state index contributed by atoms with van der Waals surface area (Å²) < 4.78 is 11.5. The molecule has 0 heterocycles. The third kappa shape index (κ3) is 3.29. The van der Waals surface area contributed by atoms with Crippen LogP contribution in [0.3, 0.4) is 0 Å². The maximum absolute atomic E-state index is 11.7. The van der Waals surface area contributed by atoms with E-state index in [2.05, 4.69) is 19.8 Å². The summed E-state index contributed by atoms with van der Waals surface area (Å²) >= 11 is 0. The van der Waals surface area contributed by atoms with E-state index in [9.17, 15) is 9.59 Å². The molecule has 0 aromatic rings. The first-order valence-electron chi connectivity index (χ1n) is 11.5. The second-order valence-electron chi connectivity index (χ2n) is 10.7. The fourth-order valence-electron chi connectivity index (χ4n) is 8.13. The number of carbonyl (C=O) groups is 2. The summed E-state index contributed by atoms with van der Waals surface area (Å²) in [6, 6.07) is 0. The van der Waals surface area contributed by atoms with E-state index < -0.39 is 0 Å². The van der Waals surface area contributed by atoms with Crippen LogP contribution in [0.15, 0.2) is 0 Å². The Morgan fingerprint density at radius 3 is 2.28 bits per heavy atom. The minimum atomic E-state index is -0.221. The zero-order chi connectivity index (χ0) is 21.0. The Hall–Kier alpha value is -1.50. The van der Waals surface area contributed by atoms with Crippen molar-refractivity contribution in [3.05, 3.63) is 0 Å². The van der Waals surface area contributed by atoms with Crippen molar-refractivity contribution in [3.8, 4) is 12.3 Å². The van der Waals surface area contributed by atoms with Crippen LogP contribution in [0.5, 0.6) is 0 Å². The van der Waals surface area contributed by atoms with E-state index in [1.165, 1.54) is 33.1 Å². The molecule has 4 rings (SSSR count). The molecule has 0 saturated heterocycles. The number of fused-ring (bicyclic) bond motifs is 5. The first kappa shape index (κ1) is 20.8. The lowest BCUT2D eigenvalue weighted by molar-refractivity contribution is -0.175. The van der Waals surface area contributed by atoms with E-state index >= 15 is 0 Å². The highest BCUT2D eigenvalue weighted by molar-refractivity contribution is 5.66. The summed E-state index contributed by atoms with van der Waals surface area (Å²) in [6.45, 7) is 7.83. The van der Waals surface area contributed by atoms with Crippen molar-refractivity contribution >= 4 is 11.9 Å². The summed E-state index contributed by atoms with van der Waals surface area (Å²) in [5.41, 5.74) is 0.290. The van der Waals surface area contributed by atoms with Crippen LogP contribution in [-0.2, 0) is 19.1 Å². The topological polar surface area (TPSA) is 52.6 Å². The third-order valence-corrected chi connectivity index (χ3v) is 9.45. The van der Waals surface area contributed by atoms with E-state index in [4.69, 9.17) is 15.9 Å². The lowest BCUT2D eigenvalue weighted by atomic mass is 9.44. The molecule has 0 spiro atoms. The number of hydrogen-bond acceptors (Lipinski definition) is 4. The zero-order valence-corrected chi connectivity index (χ0v) is 18.4. The van der Waals surface area contributed by atoms with Gasteiger partial charge in [0.2, 0.25) is 0 Å². The number of esters is 2. The summed E-state index contributed by atoms with van der Waals surface area (Å²) in [7, 11) is 0. The monoisotopic (exact) mass is 400 g/mol. The van der Waals surface area contributed by atoms with Gasteiger partial charge >= 0.3 is 11.9 Å². The average molecular weight is 401 g/mol. The maximum Gasteiger partial charge on any atom is 0.302 e. The molecule has 4 nitrogen and oxygen atoms in total. The molecule has 0 amide bonds. The van der Waals surface area contributed by atoms with E-state index in [1.807, 2.05) is 0 Å². The van der Waals surface area contributed by atoms with Crippen LogP contribution in [0.1, 0.15) is 79.1 Å². The standard InChI is InChI=1S/C25H36O4/c1-6-17-13-18-7-8-19-20-9-10-23(29-16(3)27)24(20,4)12-11-21(19)25(18,5)14-22(17)28-15(2)26/h1,17-23H,7-14H2,2-5H3. The van der Waals surface area contributed by atoms with E-state index in [0.29, 0.717) is 23.7 Å². The Labute approximate surface area is 175 Å². The Bertz CT molecular complexity index is 723. The molecular weight excluding hydrogens is 364 g/mol. The van der Waals surface area contributed by atoms with Gasteiger partial charge in [-0.25, -0.2) is 0 Å². The first-order chi connectivity index (χ1) is 13.7. The molecule has 0 aliphatic heterocycles. The van der Waals surface area contributed by atoms with Gasteiger partial charge < -0.3 is 9.47 Å². The Morgan fingerprint density at radius 2 is 1.62 bits per heavy atom. The summed E-state index contributed by atoms with van der Waals surface area (Å²) in [5, 5.41) is 0. The van der Waals surface area contributed by atoms with Gasteiger partial charge in [0.25, 0.3) is 0 Å². The predicted molar refractivity (Wildman–Crippen MR) is 111 cm³/mol. The second-order valence-corrected chi connectivity index (χ2v) is 10.7. The van der Waals surface area contributed by atoms with Gasteiger partial charge in [0.05, 0.1) is 5.92 Å². The molecule has 4 aliphatic carbocycles. The molecule has 4 saturated carbocycles. The van der Waals surface area contributed by atoms with Crippen molar-refractivity contribution in [3.63, 3.8) is 0 Å². The zero-order valence-electron chi connectivity index (χ0n) is 18.4. The van der Waals surface area contributed by atoms with Crippen molar-refractivity contribution in [2.45, 2.75) is 91.3 Å². The van der Waals surface area contributed by atoms with E-state index in [0.717, 1.165) is 32.1 Å². The van der Waals surface area contributed by atoms with Gasteiger partial charge in [-0.2, -0.15) is 0 Å². The van der Waals surface area contributed by atoms with Crippen LogP contribution < -0.4 is 0 Å². The van der Waals surface area contributed by atoms with Crippen LogP contribution in [-0.4, -0.2) is 24.1 Å². The molecule has 4 heteroatoms. The number of terminal acetylenes is 1. The minimum absolute atomic E-state index is 0.0437. The van der Waals surface area contributed by atoms with Crippen LogP contribution in [0.2, 0.25) is 0 Å². The lowest BCUT2D eigenvalue weighted by Gasteiger charge is -2.61. The number of carbonyl (C=O) groups excluding carboxylic acids is 2. The van der Waals surface area contributed by atoms with Crippen molar-refractivity contribution in [1.82, 2.24) is 0 Å². The Balaban J connectivity index is 1.58. The van der Waals surface area contributed by atoms with Crippen molar-refractivity contribution in [2.24, 2.45) is 40.4 Å². The van der Waals surface area contributed by atoms with Gasteiger partial charge in [0.1, 0.15) is 12.2 Å². The molecule has 29 heavy (non-hydrogen) atoms. The molecule has 9 atom stereocenters. The average Bonchev–Trinajstić information content (AvgIpc) is 2.96. The number of ether oxygens (including phenoxy) is 2. The second kappa shape index (κ2) is 7.33. The highest BCUT2D eigenvalue weighted by Gasteiger charge is 2.62. The minimum Gasteiger partial charge on any atom is -0.462 e. The number of rotatable bonds is 2. The fourth-order valence-corrected chi connectivity index (χ4v) is 8.13. The Kier molecular flexibility index (Phi) is 5.24. The van der Waals surface area contributed by atoms with E-state index in [1.54, 1.807) is 0 Å². The van der Waals surface area contributed by atoms with Crippen molar-refractivity contribution < 1.29 is 19.1 Å². The molecule has 0 N–H and O–H groups in total. The van der Waals surface area contributed by atoms with Crippen LogP contribution in [0.25, 0.3) is 0 Å². The van der Waals surface area contributed by atoms with Gasteiger partial charge in [0.15, 0.2) is 0 Å². The maximum atomic E-state index is 11.7. The molecular formula is C25H36O4. The molecule has 0 bridgehead atoms. The van der Waals surface area contributed by atoms with Gasteiger partial charge in [-0.05, 0) is 80.5 Å². The normalized spacial score (nSPS) is 48.4. The molecule has 0 aromatic heterocycles. The smallest absolute Gasteiger partial charge is 0.302 e.